The molecule has 0 saturated heterocycles. The molecule has 2 rings (SSSR count). The second-order valence-electron chi connectivity index (χ2n) is 4.82. The smallest absolute Gasteiger partial charge is 0.359 e. The van der Waals surface area contributed by atoms with E-state index in [0.29, 0.717) is 5.69 Å². The quantitative estimate of drug-likeness (QED) is 0.852. The summed E-state index contributed by atoms with van der Waals surface area (Å²) in [6, 6.07) is 9.37. The Bertz CT molecular complexity index is 641. The van der Waals surface area contributed by atoms with Gasteiger partial charge in [0.1, 0.15) is 0 Å². The Balaban J connectivity index is 1.82. The molecule has 6 nitrogen and oxygen atoms in total. The summed E-state index contributed by atoms with van der Waals surface area (Å²) in [6.45, 7) is 3.27. The molecule has 0 saturated carbocycles. The number of carbonyl (C=O) groups excluding carboxylic acids is 2. The van der Waals surface area contributed by atoms with Crippen molar-refractivity contribution in [2.75, 3.05) is 6.61 Å². The van der Waals surface area contributed by atoms with Crippen molar-refractivity contribution in [2.24, 2.45) is 0 Å². The predicted octanol–water partition coefficient (Wildman–Crippen LogP) is 1.82. The summed E-state index contributed by atoms with van der Waals surface area (Å²) in [4.78, 5) is 31.4. The number of nitrogens with zero attached hydrogens (tertiary/aromatic N) is 2. The van der Waals surface area contributed by atoms with Crippen LogP contribution in [0.2, 0.25) is 0 Å². The van der Waals surface area contributed by atoms with Crippen molar-refractivity contribution in [1.82, 2.24) is 15.3 Å². The van der Waals surface area contributed by atoms with Gasteiger partial charge in [-0.25, -0.2) is 9.78 Å². The van der Waals surface area contributed by atoms with Crippen LogP contribution in [0.3, 0.4) is 0 Å². The maximum Gasteiger partial charge on any atom is 0.359 e. The third-order valence-corrected chi connectivity index (χ3v) is 3.00. The van der Waals surface area contributed by atoms with Gasteiger partial charge in [0.25, 0.3) is 5.91 Å². The number of nitrogens with one attached hydrogen (secondary N) is 1. The molecule has 0 aliphatic rings. The minimum absolute atomic E-state index is 0.0782. The Morgan fingerprint density at radius 1 is 1.18 bits per heavy atom. The van der Waals surface area contributed by atoms with Gasteiger partial charge in [0, 0.05) is 6.20 Å². The maximum absolute atomic E-state index is 11.8. The lowest BCUT2D eigenvalue weighted by atomic mass is 10.1. The molecule has 0 radical (unpaired) electrons. The Hall–Kier alpha value is -2.76. The van der Waals surface area contributed by atoms with Crippen LogP contribution in [-0.2, 0) is 9.53 Å². The van der Waals surface area contributed by atoms with Gasteiger partial charge in [-0.2, -0.15) is 0 Å². The van der Waals surface area contributed by atoms with Crippen molar-refractivity contribution < 1.29 is 14.3 Å². The number of hydrogen-bond acceptors (Lipinski definition) is 5. The molecule has 0 unspecified atom stereocenters. The number of carbonyl (C=O) groups is 2. The molecular weight excluding hydrogens is 282 g/mol. The van der Waals surface area contributed by atoms with E-state index in [2.05, 4.69) is 15.3 Å². The van der Waals surface area contributed by atoms with Crippen LogP contribution < -0.4 is 5.32 Å². The summed E-state index contributed by atoms with van der Waals surface area (Å²) in [7, 11) is 0. The van der Waals surface area contributed by atoms with Crippen molar-refractivity contribution >= 4 is 11.9 Å². The molecule has 6 heteroatoms. The van der Waals surface area contributed by atoms with Crippen molar-refractivity contribution in [3.8, 4) is 0 Å². The van der Waals surface area contributed by atoms with Gasteiger partial charge in [0.05, 0.1) is 17.9 Å². The normalized spacial score (nSPS) is 11.5. The Morgan fingerprint density at radius 2 is 1.91 bits per heavy atom. The van der Waals surface area contributed by atoms with E-state index in [1.165, 1.54) is 12.4 Å². The maximum atomic E-state index is 11.8. The van der Waals surface area contributed by atoms with E-state index < -0.39 is 5.97 Å². The Kier molecular flexibility index (Phi) is 5.19. The fraction of sp³-hybridized carbons (Fsp3) is 0.250. The molecule has 1 atom stereocenters. The number of rotatable bonds is 5. The zero-order valence-corrected chi connectivity index (χ0v) is 12.4. The van der Waals surface area contributed by atoms with Gasteiger partial charge >= 0.3 is 5.97 Å². The first-order valence-electron chi connectivity index (χ1n) is 6.86. The summed E-state index contributed by atoms with van der Waals surface area (Å²) >= 11 is 0. The zero-order valence-electron chi connectivity index (χ0n) is 12.4. The highest BCUT2D eigenvalue weighted by Gasteiger charge is 2.14. The average molecular weight is 299 g/mol. The fourth-order valence-corrected chi connectivity index (χ4v) is 1.81. The molecule has 0 bridgehead atoms. The highest BCUT2D eigenvalue weighted by atomic mass is 16.5. The molecule has 1 heterocycles. The molecular formula is C16H17N3O3. The first kappa shape index (κ1) is 15.6. The minimum atomic E-state index is -0.671. The van der Waals surface area contributed by atoms with Gasteiger partial charge in [-0.3, -0.25) is 9.78 Å². The lowest BCUT2D eigenvalue weighted by Gasteiger charge is -2.14. The molecule has 1 aromatic carbocycles. The van der Waals surface area contributed by atoms with Crippen LogP contribution in [0.4, 0.5) is 0 Å². The number of ether oxygens (including phenoxy) is 1. The molecule has 114 valence electrons. The molecule has 1 amide bonds. The van der Waals surface area contributed by atoms with Gasteiger partial charge in [-0.05, 0) is 19.4 Å². The molecule has 22 heavy (non-hydrogen) atoms. The van der Waals surface area contributed by atoms with Crippen LogP contribution in [0.25, 0.3) is 0 Å². The monoisotopic (exact) mass is 299 g/mol. The lowest BCUT2D eigenvalue weighted by Crippen LogP contribution is -2.31. The first-order chi connectivity index (χ1) is 10.6. The minimum Gasteiger partial charge on any atom is -0.451 e. The summed E-state index contributed by atoms with van der Waals surface area (Å²) in [5, 5.41) is 2.76. The van der Waals surface area contributed by atoms with Crippen LogP contribution in [0.1, 0.15) is 34.7 Å². The Labute approximate surface area is 128 Å². The third-order valence-electron chi connectivity index (χ3n) is 3.00. The SMILES string of the molecule is Cc1cnc(C(=O)OCC(=O)N[C@H](C)c2ccccc2)cn1. The second kappa shape index (κ2) is 7.31. The number of benzene rings is 1. The zero-order chi connectivity index (χ0) is 15.9. The molecule has 1 aromatic heterocycles. The standard InChI is InChI=1S/C16H17N3O3/c1-11-8-18-14(9-17-11)16(21)22-10-15(20)19-12(2)13-6-4-3-5-7-13/h3-9,12H,10H2,1-2H3,(H,19,20)/t12-/m1/s1. The van der Waals surface area contributed by atoms with E-state index in [1.54, 1.807) is 6.92 Å². The van der Waals surface area contributed by atoms with Crippen LogP contribution >= 0.6 is 0 Å². The highest BCUT2D eigenvalue weighted by molar-refractivity contribution is 5.89. The van der Waals surface area contributed by atoms with Crippen molar-refractivity contribution in [1.29, 1.82) is 0 Å². The summed E-state index contributed by atoms with van der Waals surface area (Å²) < 4.78 is 4.91. The number of hydrogen-bond donors (Lipinski definition) is 1. The van der Waals surface area contributed by atoms with Crippen LogP contribution in [0, 0.1) is 6.92 Å². The van der Waals surface area contributed by atoms with Crippen LogP contribution in [-0.4, -0.2) is 28.5 Å². The average Bonchev–Trinajstić information content (AvgIpc) is 2.54. The largest absolute Gasteiger partial charge is 0.451 e. The summed E-state index contributed by atoms with van der Waals surface area (Å²) in [5.41, 5.74) is 1.76. The second-order valence-corrected chi connectivity index (χ2v) is 4.82. The summed E-state index contributed by atoms with van der Waals surface area (Å²) in [6.07, 6.45) is 2.79. The molecule has 0 aliphatic carbocycles. The van der Waals surface area contributed by atoms with E-state index in [-0.39, 0.29) is 24.2 Å². The van der Waals surface area contributed by atoms with Crippen molar-refractivity contribution in [2.45, 2.75) is 19.9 Å². The van der Waals surface area contributed by atoms with E-state index in [4.69, 9.17) is 4.74 Å². The van der Waals surface area contributed by atoms with Crippen molar-refractivity contribution in [3.63, 3.8) is 0 Å². The topological polar surface area (TPSA) is 81.2 Å². The third kappa shape index (κ3) is 4.37. The van der Waals surface area contributed by atoms with E-state index >= 15 is 0 Å². The molecule has 0 fully saturated rings. The number of aryl methyl sites for hydroxylation is 1. The summed E-state index contributed by atoms with van der Waals surface area (Å²) in [5.74, 6) is -1.04. The molecule has 1 N–H and O–H groups in total. The lowest BCUT2D eigenvalue weighted by molar-refractivity contribution is -0.124. The van der Waals surface area contributed by atoms with Gasteiger partial charge in [-0.15, -0.1) is 0 Å². The number of esters is 1. The molecule has 2 aromatic rings. The molecule has 0 spiro atoms. The van der Waals surface area contributed by atoms with E-state index in [9.17, 15) is 9.59 Å². The van der Waals surface area contributed by atoms with E-state index in [0.717, 1.165) is 5.56 Å². The van der Waals surface area contributed by atoms with E-state index in [1.807, 2.05) is 37.3 Å². The van der Waals surface area contributed by atoms with Crippen LogP contribution in [0.5, 0.6) is 0 Å². The van der Waals surface area contributed by atoms with Gasteiger partial charge in [0.15, 0.2) is 12.3 Å². The Morgan fingerprint density at radius 3 is 2.55 bits per heavy atom. The number of amides is 1. The predicted molar refractivity (Wildman–Crippen MR) is 80.1 cm³/mol. The highest BCUT2D eigenvalue weighted by Crippen LogP contribution is 2.10. The number of aromatic nitrogens is 2. The van der Waals surface area contributed by atoms with Gasteiger partial charge < -0.3 is 10.1 Å². The van der Waals surface area contributed by atoms with Gasteiger partial charge in [-0.1, -0.05) is 30.3 Å². The first-order valence-corrected chi connectivity index (χ1v) is 6.86. The van der Waals surface area contributed by atoms with Crippen LogP contribution in [0.15, 0.2) is 42.7 Å². The molecule has 0 aliphatic heterocycles. The van der Waals surface area contributed by atoms with Crippen molar-refractivity contribution in [3.05, 3.63) is 59.7 Å². The fourth-order valence-electron chi connectivity index (χ4n) is 1.81. The van der Waals surface area contributed by atoms with Gasteiger partial charge in [0.2, 0.25) is 0 Å².